The number of fused-ring (bicyclic) bond motifs is 1. The van der Waals surface area contributed by atoms with Crippen molar-refractivity contribution < 1.29 is 4.21 Å². The zero-order valence-electron chi connectivity index (χ0n) is 16.1. The fourth-order valence-electron chi connectivity index (χ4n) is 3.33. The summed E-state index contributed by atoms with van der Waals surface area (Å²) >= 11 is 0. The van der Waals surface area contributed by atoms with Crippen LogP contribution in [-0.2, 0) is 23.8 Å². The number of hydrogen-bond acceptors (Lipinski definition) is 4. The van der Waals surface area contributed by atoms with Crippen LogP contribution in [0.3, 0.4) is 0 Å². The Morgan fingerprint density at radius 3 is 2.67 bits per heavy atom. The Hall–Kier alpha value is -2.21. The molecule has 1 aromatic carbocycles. The van der Waals surface area contributed by atoms with Crippen molar-refractivity contribution in [2.45, 2.75) is 57.4 Å². The highest BCUT2D eigenvalue weighted by molar-refractivity contribution is 7.85. The third-order valence-corrected chi connectivity index (χ3v) is 6.24. The summed E-state index contributed by atoms with van der Waals surface area (Å²) in [5.74, 6) is 2.26. The third kappa shape index (κ3) is 4.56. The Kier molecular flexibility index (Phi) is 6.61. The van der Waals surface area contributed by atoms with E-state index >= 15 is 0 Å². The van der Waals surface area contributed by atoms with Crippen LogP contribution < -0.4 is 5.73 Å². The van der Waals surface area contributed by atoms with Crippen molar-refractivity contribution in [2.24, 2.45) is 0 Å². The van der Waals surface area contributed by atoms with Gasteiger partial charge in [-0.3, -0.25) is 4.21 Å². The van der Waals surface area contributed by atoms with E-state index in [9.17, 15) is 4.21 Å². The monoisotopic (exact) mass is 384 g/mol. The molecule has 1 atom stereocenters. The number of benzene rings is 1. The fourth-order valence-corrected chi connectivity index (χ4v) is 4.49. The van der Waals surface area contributed by atoms with Crippen molar-refractivity contribution in [3.63, 3.8) is 0 Å². The lowest BCUT2D eigenvalue weighted by atomic mass is 10.2. The van der Waals surface area contributed by atoms with Gasteiger partial charge in [-0.05, 0) is 43.9 Å². The summed E-state index contributed by atoms with van der Waals surface area (Å²) in [6, 6.07) is 9.69. The second-order valence-corrected chi connectivity index (χ2v) is 8.45. The van der Waals surface area contributed by atoms with Crippen LogP contribution in [0.1, 0.15) is 44.0 Å². The molecule has 0 saturated carbocycles. The lowest BCUT2D eigenvalue weighted by Crippen LogP contribution is -2.07. The number of imidazole rings is 1. The summed E-state index contributed by atoms with van der Waals surface area (Å²) in [5.41, 5.74) is 9.08. The number of rotatable bonds is 9. The van der Waals surface area contributed by atoms with E-state index in [1.807, 2.05) is 36.5 Å². The minimum atomic E-state index is -0.932. The van der Waals surface area contributed by atoms with Gasteiger partial charge in [0.2, 0.25) is 0 Å². The second kappa shape index (κ2) is 9.13. The van der Waals surface area contributed by atoms with Crippen molar-refractivity contribution in [3.8, 4) is 0 Å². The van der Waals surface area contributed by atoms with Gasteiger partial charge >= 0.3 is 0 Å². The Morgan fingerprint density at radius 2 is 1.93 bits per heavy atom. The first-order chi connectivity index (χ1) is 13.1. The van der Waals surface area contributed by atoms with Crippen LogP contribution in [0, 0.1) is 6.92 Å². The lowest BCUT2D eigenvalue weighted by Gasteiger charge is -2.10. The van der Waals surface area contributed by atoms with Crippen LogP contribution >= 0.6 is 0 Å². The number of nitrogens with two attached hydrogens (primary N) is 1. The molecular weight excluding hydrogens is 356 g/mol. The van der Waals surface area contributed by atoms with Gasteiger partial charge in [-0.15, -0.1) is 0 Å². The number of hydrogen-bond donors (Lipinski definition) is 1. The summed E-state index contributed by atoms with van der Waals surface area (Å²) in [4.78, 5) is 9.95. The lowest BCUT2D eigenvalue weighted by molar-refractivity contribution is 0.602. The van der Waals surface area contributed by atoms with Crippen molar-refractivity contribution >= 4 is 27.7 Å². The first-order valence-corrected chi connectivity index (χ1v) is 11.0. The van der Waals surface area contributed by atoms with Gasteiger partial charge < -0.3 is 10.3 Å². The first-order valence-electron chi connectivity index (χ1n) is 9.65. The summed E-state index contributed by atoms with van der Waals surface area (Å²) in [7, 11) is -0.932. The van der Waals surface area contributed by atoms with Crippen LogP contribution in [0.15, 0.2) is 41.4 Å². The predicted molar refractivity (Wildman–Crippen MR) is 112 cm³/mol. The number of nitrogens with zero attached hydrogens (tertiary/aromatic N) is 3. The van der Waals surface area contributed by atoms with Gasteiger partial charge in [0.25, 0.3) is 0 Å². The highest BCUT2D eigenvalue weighted by atomic mass is 32.2. The van der Waals surface area contributed by atoms with Gasteiger partial charge in [0.1, 0.15) is 11.3 Å². The molecule has 0 saturated heterocycles. The SMILES string of the molecule is CCCCc1nc2c(N)ncc(C)c2n1CCCCS(=O)c1ccccc1. The van der Waals surface area contributed by atoms with Gasteiger partial charge in [0.15, 0.2) is 5.82 Å². The van der Waals surface area contributed by atoms with E-state index in [-0.39, 0.29) is 0 Å². The molecule has 0 spiro atoms. The standard InChI is InChI=1S/C21H28N4OS/c1-3-4-12-18-24-19-20(16(2)15-23-21(19)22)25(18)13-8-9-14-27(26)17-10-6-5-7-11-17/h5-7,10-11,15H,3-4,8-9,12-14H2,1-2H3,(H2,22,23). The Morgan fingerprint density at radius 1 is 1.15 bits per heavy atom. The molecule has 2 aromatic heterocycles. The molecule has 3 rings (SSSR count). The van der Waals surface area contributed by atoms with E-state index in [2.05, 4.69) is 23.4 Å². The molecule has 144 valence electrons. The molecule has 1 unspecified atom stereocenters. The van der Waals surface area contributed by atoms with Gasteiger partial charge in [-0.25, -0.2) is 9.97 Å². The number of aromatic nitrogens is 3. The largest absolute Gasteiger partial charge is 0.382 e. The zero-order chi connectivity index (χ0) is 19.2. The number of pyridine rings is 1. The molecule has 6 heteroatoms. The first kappa shape index (κ1) is 19.5. The molecule has 0 bridgehead atoms. The van der Waals surface area contributed by atoms with E-state index in [1.165, 1.54) is 0 Å². The minimum absolute atomic E-state index is 0.497. The Labute approximate surface area is 163 Å². The summed E-state index contributed by atoms with van der Waals surface area (Å²) in [5, 5.41) is 0. The van der Waals surface area contributed by atoms with E-state index in [4.69, 9.17) is 10.7 Å². The molecular formula is C21H28N4OS. The van der Waals surface area contributed by atoms with Gasteiger partial charge in [0, 0.05) is 29.8 Å². The normalized spacial score (nSPS) is 12.5. The van der Waals surface area contributed by atoms with Crippen LogP contribution in [0.4, 0.5) is 5.82 Å². The molecule has 0 amide bonds. The van der Waals surface area contributed by atoms with E-state index in [1.54, 1.807) is 0 Å². The molecule has 0 aliphatic rings. The molecule has 2 N–H and O–H groups in total. The summed E-state index contributed by atoms with van der Waals surface area (Å²) in [6.45, 7) is 5.11. The maximum atomic E-state index is 12.4. The maximum Gasteiger partial charge on any atom is 0.151 e. The number of unbranched alkanes of at least 4 members (excludes halogenated alkanes) is 2. The Balaban J connectivity index is 1.71. The highest BCUT2D eigenvalue weighted by Gasteiger charge is 2.15. The van der Waals surface area contributed by atoms with Crippen LogP contribution in [-0.4, -0.2) is 24.5 Å². The molecule has 0 fully saturated rings. The fraction of sp³-hybridized carbons (Fsp3) is 0.429. The molecule has 27 heavy (non-hydrogen) atoms. The van der Waals surface area contributed by atoms with Crippen LogP contribution in [0.5, 0.6) is 0 Å². The molecule has 3 aromatic rings. The molecule has 2 heterocycles. The minimum Gasteiger partial charge on any atom is -0.382 e. The average molecular weight is 385 g/mol. The second-order valence-electron chi connectivity index (χ2n) is 6.88. The summed E-state index contributed by atoms with van der Waals surface area (Å²) < 4.78 is 14.7. The van der Waals surface area contributed by atoms with E-state index in [0.717, 1.165) is 66.0 Å². The maximum absolute atomic E-state index is 12.4. The number of nitrogen functional groups attached to an aromatic ring is 1. The molecule has 0 aliphatic heterocycles. The van der Waals surface area contributed by atoms with Gasteiger partial charge in [0.05, 0.1) is 16.3 Å². The van der Waals surface area contributed by atoms with Crippen molar-refractivity contribution in [1.82, 2.24) is 14.5 Å². The zero-order valence-corrected chi connectivity index (χ0v) is 17.0. The highest BCUT2D eigenvalue weighted by Crippen LogP contribution is 2.25. The number of aryl methyl sites for hydroxylation is 3. The van der Waals surface area contributed by atoms with Crippen molar-refractivity contribution in [3.05, 3.63) is 47.9 Å². The molecule has 5 nitrogen and oxygen atoms in total. The summed E-state index contributed by atoms with van der Waals surface area (Å²) in [6.07, 6.45) is 6.88. The third-order valence-electron chi connectivity index (χ3n) is 4.78. The molecule has 0 radical (unpaired) electrons. The van der Waals surface area contributed by atoms with Crippen LogP contribution in [0.2, 0.25) is 0 Å². The predicted octanol–water partition coefficient (Wildman–Crippen LogP) is 4.25. The smallest absolute Gasteiger partial charge is 0.151 e. The van der Waals surface area contributed by atoms with Crippen molar-refractivity contribution in [1.29, 1.82) is 0 Å². The van der Waals surface area contributed by atoms with Crippen molar-refractivity contribution in [2.75, 3.05) is 11.5 Å². The number of anilines is 1. The van der Waals surface area contributed by atoms with Crippen LogP contribution in [0.25, 0.3) is 11.0 Å². The molecule has 0 aliphatic carbocycles. The van der Waals surface area contributed by atoms with E-state index in [0.29, 0.717) is 11.6 Å². The van der Waals surface area contributed by atoms with Gasteiger partial charge in [-0.1, -0.05) is 31.5 Å². The van der Waals surface area contributed by atoms with E-state index < -0.39 is 10.8 Å². The topological polar surface area (TPSA) is 73.8 Å². The average Bonchev–Trinajstić information content (AvgIpc) is 3.06. The van der Waals surface area contributed by atoms with Gasteiger partial charge in [-0.2, -0.15) is 0 Å². The quantitative estimate of drug-likeness (QED) is 0.560. The Bertz CT molecular complexity index is 921.